The maximum absolute atomic E-state index is 14.8. The fraction of sp³-hybridized carbons (Fsp3) is 0.289. The molecule has 3 aromatic heterocycles. The predicted octanol–water partition coefficient (Wildman–Crippen LogP) is 8.46. The Hall–Kier alpha value is -5.02. The van der Waals surface area contributed by atoms with Gasteiger partial charge in [0.1, 0.15) is 11.5 Å². The predicted molar refractivity (Wildman–Crippen MR) is 189 cm³/mol. The highest BCUT2D eigenvalue weighted by Crippen LogP contribution is 2.36. The monoisotopic (exact) mass is 629 g/mol. The fourth-order valence-corrected chi connectivity index (χ4v) is 6.74. The van der Waals surface area contributed by atoms with Crippen LogP contribution < -0.4 is 10.6 Å². The minimum absolute atomic E-state index is 0.0525. The molecular formula is C38H40FN7O. The molecule has 240 valence electrons. The minimum Gasteiger partial charge on any atom is -0.384 e. The molecule has 1 fully saturated rings. The molecule has 0 aliphatic heterocycles. The molecule has 1 aliphatic carbocycles. The van der Waals surface area contributed by atoms with Crippen LogP contribution in [0.15, 0.2) is 79.1 Å². The third kappa shape index (κ3) is 6.90. The number of benzene rings is 3. The molecule has 0 bridgehead atoms. The molecule has 3 heterocycles. The SMILES string of the molecule is CN(C)CCNc1cc(F)cc(-c2cccc3[nH]c(-c4n[nH]c5ccc(-c6cncc(NC(=O)CC7CCCCC7)c6)cc45)cc23)c1. The van der Waals surface area contributed by atoms with Gasteiger partial charge in [0.25, 0.3) is 0 Å². The maximum Gasteiger partial charge on any atom is 0.224 e. The van der Waals surface area contributed by atoms with Crippen molar-refractivity contribution in [2.45, 2.75) is 38.5 Å². The number of halogens is 1. The van der Waals surface area contributed by atoms with Crippen molar-refractivity contribution in [3.63, 3.8) is 0 Å². The molecule has 1 amide bonds. The molecule has 6 aromatic rings. The molecule has 1 aliphatic rings. The molecule has 0 spiro atoms. The van der Waals surface area contributed by atoms with Crippen LogP contribution in [-0.4, -0.2) is 58.2 Å². The summed E-state index contributed by atoms with van der Waals surface area (Å²) >= 11 is 0. The second-order valence-electron chi connectivity index (χ2n) is 13.0. The van der Waals surface area contributed by atoms with Crippen molar-refractivity contribution in [1.29, 1.82) is 0 Å². The van der Waals surface area contributed by atoms with Gasteiger partial charge < -0.3 is 20.5 Å². The Bertz CT molecular complexity index is 2040. The largest absolute Gasteiger partial charge is 0.384 e. The summed E-state index contributed by atoms with van der Waals surface area (Å²) in [4.78, 5) is 22.8. The van der Waals surface area contributed by atoms with Crippen LogP contribution in [-0.2, 0) is 4.79 Å². The molecule has 9 heteroatoms. The van der Waals surface area contributed by atoms with Crippen molar-refractivity contribution < 1.29 is 9.18 Å². The van der Waals surface area contributed by atoms with Crippen LogP contribution in [0, 0.1) is 11.7 Å². The fourth-order valence-electron chi connectivity index (χ4n) is 6.74. The number of likely N-dealkylation sites (N-methyl/N-ethyl adjacent to an activating group) is 1. The zero-order chi connectivity index (χ0) is 32.3. The highest BCUT2D eigenvalue weighted by Gasteiger charge is 2.18. The van der Waals surface area contributed by atoms with Crippen LogP contribution in [0.3, 0.4) is 0 Å². The molecule has 7 rings (SSSR count). The van der Waals surface area contributed by atoms with E-state index in [1.54, 1.807) is 12.3 Å². The van der Waals surface area contributed by atoms with Crippen molar-refractivity contribution in [1.82, 2.24) is 25.1 Å². The lowest BCUT2D eigenvalue weighted by molar-refractivity contribution is -0.117. The van der Waals surface area contributed by atoms with E-state index in [2.05, 4.69) is 47.8 Å². The lowest BCUT2D eigenvalue weighted by Crippen LogP contribution is -2.20. The average molecular weight is 630 g/mol. The van der Waals surface area contributed by atoms with Gasteiger partial charge in [-0.2, -0.15) is 5.10 Å². The van der Waals surface area contributed by atoms with Crippen molar-refractivity contribution in [2.75, 3.05) is 37.8 Å². The molecule has 8 nitrogen and oxygen atoms in total. The van der Waals surface area contributed by atoms with Crippen molar-refractivity contribution in [2.24, 2.45) is 5.92 Å². The van der Waals surface area contributed by atoms with Gasteiger partial charge in [-0.15, -0.1) is 0 Å². The Morgan fingerprint density at radius 3 is 2.60 bits per heavy atom. The van der Waals surface area contributed by atoms with E-state index in [4.69, 9.17) is 0 Å². The molecule has 0 saturated heterocycles. The van der Waals surface area contributed by atoms with Crippen LogP contribution in [0.25, 0.3) is 55.4 Å². The highest BCUT2D eigenvalue weighted by atomic mass is 19.1. The third-order valence-corrected chi connectivity index (χ3v) is 9.13. The van der Waals surface area contributed by atoms with Crippen molar-refractivity contribution in [3.05, 3.63) is 84.9 Å². The Morgan fingerprint density at radius 2 is 1.74 bits per heavy atom. The number of hydrogen-bond donors (Lipinski definition) is 4. The van der Waals surface area contributed by atoms with E-state index in [-0.39, 0.29) is 11.7 Å². The summed E-state index contributed by atoms with van der Waals surface area (Å²) in [5.41, 5.74) is 8.59. The van der Waals surface area contributed by atoms with Crippen molar-refractivity contribution >= 4 is 39.1 Å². The summed E-state index contributed by atoms with van der Waals surface area (Å²) in [6.45, 7) is 1.57. The molecule has 1 saturated carbocycles. The number of carbonyl (C=O) groups excluding carboxylic acids is 1. The third-order valence-electron chi connectivity index (χ3n) is 9.13. The number of aromatic amines is 2. The van der Waals surface area contributed by atoms with Gasteiger partial charge in [0.2, 0.25) is 5.91 Å². The number of hydrogen-bond acceptors (Lipinski definition) is 5. The van der Waals surface area contributed by atoms with Gasteiger partial charge in [0.15, 0.2) is 0 Å². The molecule has 4 N–H and O–H groups in total. The summed E-state index contributed by atoms with van der Waals surface area (Å²) in [6, 6.07) is 21.3. The Balaban J connectivity index is 1.16. The van der Waals surface area contributed by atoms with Gasteiger partial charge in [-0.1, -0.05) is 37.5 Å². The van der Waals surface area contributed by atoms with Crippen LogP contribution in [0.2, 0.25) is 0 Å². The first kappa shape index (κ1) is 30.6. The Morgan fingerprint density at radius 1 is 0.894 bits per heavy atom. The van der Waals surface area contributed by atoms with Crippen LogP contribution in [0.1, 0.15) is 38.5 Å². The number of fused-ring (bicyclic) bond motifs is 2. The number of rotatable bonds is 10. The molecule has 3 aromatic carbocycles. The van der Waals surface area contributed by atoms with Gasteiger partial charge in [-0.25, -0.2) is 4.39 Å². The Labute approximate surface area is 273 Å². The standard InChI is InChI=1S/C38H40FN7O/c1-46(2)14-13-41-29-17-26(16-28(39)20-29)31-9-6-10-34-32(31)21-36(43-34)38-33-19-25(11-12-35(33)44-45-38)27-18-30(23-40-22-27)42-37(47)15-24-7-4-3-5-8-24/h6,9-12,16-24,41,43H,3-5,7-8,13-15H2,1-2H3,(H,42,47)(H,44,45). The Kier molecular flexibility index (Phi) is 8.72. The number of amides is 1. The van der Waals surface area contributed by atoms with E-state index in [0.717, 1.165) is 87.1 Å². The van der Waals surface area contributed by atoms with Gasteiger partial charge >= 0.3 is 0 Å². The van der Waals surface area contributed by atoms with Gasteiger partial charge in [0, 0.05) is 53.2 Å². The highest BCUT2D eigenvalue weighted by molar-refractivity contribution is 6.02. The number of pyridine rings is 1. The first-order valence-electron chi connectivity index (χ1n) is 16.4. The quantitative estimate of drug-likeness (QED) is 0.122. The van der Waals surface area contributed by atoms with Crippen LogP contribution in [0.5, 0.6) is 0 Å². The van der Waals surface area contributed by atoms with E-state index in [1.807, 2.05) is 62.8 Å². The summed E-state index contributed by atoms with van der Waals surface area (Å²) in [5, 5.41) is 16.2. The second-order valence-corrected chi connectivity index (χ2v) is 13.0. The van der Waals surface area contributed by atoms with Crippen molar-refractivity contribution in [3.8, 4) is 33.6 Å². The van der Waals surface area contributed by atoms with Crippen LogP contribution in [0.4, 0.5) is 15.8 Å². The molecule has 0 atom stereocenters. The molecule has 0 radical (unpaired) electrons. The van der Waals surface area contributed by atoms with E-state index >= 15 is 0 Å². The number of H-pyrrole nitrogens is 2. The second kappa shape index (κ2) is 13.4. The molecule has 0 unspecified atom stereocenters. The minimum atomic E-state index is -0.282. The lowest BCUT2D eigenvalue weighted by Gasteiger charge is -2.20. The van der Waals surface area contributed by atoms with Crippen LogP contribution >= 0.6 is 0 Å². The molecule has 47 heavy (non-hydrogen) atoms. The normalized spacial score (nSPS) is 13.9. The summed E-state index contributed by atoms with van der Waals surface area (Å²) < 4.78 is 14.8. The summed E-state index contributed by atoms with van der Waals surface area (Å²) in [7, 11) is 4.03. The summed E-state index contributed by atoms with van der Waals surface area (Å²) in [6.07, 6.45) is 10.1. The van der Waals surface area contributed by atoms with E-state index < -0.39 is 0 Å². The number of anilines is 2. The average Bonchev–Trinajstić information content (AvgIpc) is 3.69. The summed E-state index contributed by atoms with van der Waals surface area (Å²) in [5.74, 6) is 0.247. The number of nitrogens with zero attached hydrogens (tertiary/aromatic N) is 3. The number of aromatic nitrogens is 4. The molecular weight excluding hydrogens is 589 g/mol. The zero-order valence-corrected chi connectivity index (χ0v) is 26.9. The number of nitrogens with one attached hydrogen (secondary N) is 4. The van der Waals surface area contributed by atoms with E-state index in [9.17, 15) is 9.18 Å². The number of carbonyl (C=O) groups is 1. The van der Waals surface area contributed by atoms with E-state index in [0.29, 0.717) is 18.0 Å². The van der Waals surface area contributed by atoms with Gasteiger partial charge in [0.05, 0.1) is 23.1 Å². The first-order valence-corrected chi connectivity index (χ1v) is 16.4. The zero-order valence-electron chi connectivity index (χ0n) is 26.9. The smallest absolute Gasteiger partial charge is 0.224 e. The lowest BCUT2D eigenvalue weighted by atomic mass is 9.87. The maximum atomic E-state index is 14.8. The topological polar surface area (TPSA) is 102 Å². The van der Waals surface area contributed by atoms with Gasteiger partial charge in [-0.3, -0.25) is 14.9 Å². The van der Waals surface area contributed by atoms with Gasteiger partial charge in [-0.05, 0) is 98.1 Å². The van der Waals surface area contributed by atoms with E-state index in [1.165, 1.54) is 25.3 Å². The first-order chi connectivity index (χ1) is 22.9.